The van der Waals surface area contributed by atoms with Crippen LogP contribution in [0.1, 0.15) is 42.0 Å². The molecule has 348 valence electrons. The molecule has 0 aliphatic heterocycles. The van der Waals surface area contributed by atoms with Crippen LogP contribution in [0.3, 0.4) is 0 Å². The maximum absolute atomic E-state index is 13.4. The van der Waals surface area contributed by atoms with Crippen LogP contribution in [0.4, 0.5) is 26.3 Å². The Balaban J connectivity index is 0.000000182. The maximum Gasteiger partial charge on any atom is 0.418 e. The number of rotatable bonds is 12. The summed E-state index contributed by atoms with van der Waals surface area (Å²) in [5, 5.41) is -0.324. The number of halogens is 7. The first kappa shape index (κ1) is 47.6. The van der Waals surface area contributed by atoms with Crippen LogP contribution in [0.2, 0.25) is 0 Å². The van der Waals surface area contributed by atoms with E-state index in [-0.39, 0.29) is 31.8 Å². The molecule has 67 heavy (non-hydrogen) atoms. The van der Waals surface area contributed by atoms with Gasteiger partial charge in [-0.15, -0.1) is 0 Å². The van der Waals surface area contributed by atoms with E-state index >= 15 is 0 Å². The summed E-state index contributed by atoms with van der Waals surface area (Å²) in [4.78, 5) is 8.73. The summed E-state index contributed by atoms with van der Waals surface area (Å²) in [6.07, 6.45) is -7.13. The molecule has 0 amide bonds. The Morgan fingerprint density at radius 1 is 0.582 bits per heavy atom. The molecule has 0 N–H and O–H groups in total. The van der Waals surface area contributed by atoms with Crippen molar-refractivity contribution in [2.45, 2.75) is 60.5 Å². The predicted octanol–water partition coefficient (Wildman–Crippen LogP) is 12.8. The summed E-state index contributed by atoms with van der Waals surface area (Å²) in [5.74, 6) is 2.39. The summed E-state index contributed by atoms with van der Waals surface area (Å²) in [6.45, 7) is 3.28. The number of nitrogens with zero attached hydrogens (tertiary/aromatic N) is 4. The number of benzene rings is 6. The fourth-order valence-electron chi connectivity index (χ4n) is 7.56. The molecule has 6 aromatic carbocycles. The highest BCUT2D eigenvalue weighted by Crippen LogP contribution is 2.39. The minimum absolute atomic E-state index is 0.0573. The Labute approximate surface area is 395 Å². The molecule has 0 bridgehead atoms. The Morgan fingerprint density at radius 2 is 0.985 bits per heavy atom. The van der Waals surface area contributed by atoms with Gasteiger partial charge in [0.15, 0.2) is 19.7 Å². The van der Waals surface area contributed by atoms with Gasteiger partial charge >= 0.3 is 12.4 Å². The standard InChI is InChI=1S/C24H20F3IN2O3S.C24H19F3N2O3S/c1-16-29-23-21(24(25,26)27)10-4-11-22(23)30(16)17-6-2-7-18(14-17)33-19-8-3-9-20(15-19)34(31,32)13-5-12-28;1-15-28-23-21(24(25,26)27)9-4-10-22(23)29(15)16-5-2-6-17(13-16)32-18-7-3-8-20(14-18)33(30,31)19-11-12-19/h2-4,6-11,14-15H,5,12-13H2,1H3;2-10,13-14,19H,11-12H2,1H3. The third-order valence-electron chi connectivity index (χ3n) is 10.7. The van der Waals surface area contributed by atoms with E-state index < -0.39 is 43.2 Å². The van der Waals surface area contributed by atoms with Crippen molar-refractivity contribution in [3.8, 4) is 34.4 Å². The first-order chi connectivity index (χ1) is 31.7. The SMILES string of the molecule is Cc1nc2c(C(F)(F)F)cccc2n1-c1cccc(Oc2cccc(S(=O)(=O)C3CC3)c2)c1.Cc1nc2c(C(F)(F)F)cccc2n1-c1cccc(Oc2cccc(S(=O)(=O)CCCI)c2)c1. The fourth-order valence-corrected chi connectivity index (χ4v) is 11.5. The van der Waals surface area contributed by atoms with E-state index in [1.807, 2.05) is 0 Å². The lowest BCUT2D eigenvalue weighted by Gasteiger charge is -2.12. The molecule has 0 spiro atoms. The molecular weight excluding hydrogens is 1030 g/mol. The average molecular weight is 1070 g/mol. The third-order valence-corrected chi connectivity index (χ3v) is 15.6. The molecule has 0 unspecified atom stereocenters. The molecule has 0 radical (unpaired) electrons. The van der Waals surface area contributed by atoms with Crippen LogP contribution < -0.4 is 9.47 Å². The predicted molar refractivity (Wildman–Crippen MR) is 250 cm³/mol. The normalized spacial score (nSPS) is 13.4. The van der Waals surface area contributed by atoms with Crippen LogP contribution >= 0.6 is 22.6 Å². The molecule has 2 heterocycles. The number of ether oxygens (including phenoxy) is 2. The van der Waals surface area contributed by atoms with E-state index in [1.165, 1.54) is 30.3 Å². The Hall–Kier alpha value is -5.93. The van der Waals surface area contributed by atoms with Crippen molar-refractivity contribution in [2.24, 2.45) is 0 Å². The minimum Gasteiger partial charge on any atom is -0.457 e. The van der Waals surface area contributed by atoms with Gasteiger partial charge in [-0.2, -0.15) is 26.3 Å². The van der Waals surface area contributed by atoms with Crippen molar-refractivity contribution in [3.63, 3.8) is 0 Å². The fraction of sp³-hybridized carbons (Fsp3) is 0.208. The first-order valence-electron chi connectivity index (χ1n) is 20.6. The zero-order valence-corrected chi connectivity index (χ0v) is 39.3. The van der Waals surface area contributed by atoms with Crippen molar-refractivity contribution >= 4 is 64.3 Å². The number of hydrogen-bond acceptors (Lipinski definition) is 8. The number of aromatic nitrogens is 4. The molecule has 2 aromatic heterocycles. The zero-order chi connectivity index (χ0) is 47.9. The molecular formula is C48H39F6IN4O6S2. The number of sulfone groups is 2. The van der Waals surface area contributed by atoms with Gasteiger partial charge in [-0.05, 0) is 118 Å². The van der Waals surface area contributed by atoms with E-state index in [4.69, 9.17) is 9.47 Å². The van der Waals surface area contributed by atoms with Gasteiger partial charge in [0, 0.05) is 16.6 Å². The molecule has 1 aliphatic carbocycles. The number of alkyl halides is 7. The largest absolute Gasteiger partial charge is 0.457 e. The van der Waals surface area contributed by atoms with Gasteiger partial charge in [-0.25, -0.2) is 26.8 Å². The lowest BCUT2D eigenvalue weighted by Crippen LogP contribution is -2.07. The number of fused-ring (bicyclic) bond motifs is 2. The van der Waals surface area contributed by atoms with Crippen molar-refractivity contribution in [2.75, 3.05) is 10.2 Å². The maximum atomic E-state index is 13.4. The van der Waals surface area contributed by atoms with Crippen LogP contribution in [0.25, 0.3) is 33.4 Å². The molecule has 1 fully saturated rings. The summed E-state index contributed by atoms with van der Waals surface area (Å²) in [7, 11) is -6.77. The first-order valence-corrected chi connectivity index (χ1v) is 25.4. The van der Waals surface area contributed by atoms with Crippen molar-refractivity contribution in [1.29, 1.82) is 0 Å². The topological polar surface area (TPSA) is 122 Å². The molecule has 0 atom stereocenters. The van der Waals surface area contributed by atoms with E-state index in [1.54, 1.807) is 114 Å². The van der Waals surface area contributed by atoms with Crippen molar-refractivity contribution < 1.29 is 52.7 Å². The van der Waals surface area contributed by atoms with Gasteiger partial charge in [-0.1, -0.05) is 59.0 Å². The summed E-state index contributed by atoms with van der Waals surface area (Å²) < 4.78 is 146. The van der Waals surface area contributed by atoms with E-state index in [9.17, 15) is 43.2 Å². The quantitative estimate of drug-likeness (QED) is 0.0673. The second kappa shape index (κ2) is 18.6. The van der Waals surface area contributed by atoms with Gasteiger partial charge < -0.3 is 9.47 Å². The third kappa shape index (κ3) is 10.3. The van der Waals surface area contributed by atoms with Crippen LogP contribution in [-0.4, -0.2) is 51.4 Å². The summed E-state index contributed by atoms with van der Waals surface area (Å²) in [5.41, 5.74) is -0.0149. The van der Waals surface area contributed by atoms with E-state index in [2.05, 4.69) is 32.6 Å². The molecule has 0 saturated heterocycles. The molecule has 1 aliphatic rings. The van der Waals surface area contributed by atoms with Crippen molar-refractivity contribution in [3.05, 3.63) is 156 Å². The summed E-state index contributed by atoms with van der Waals surface area (Å²) in [6, 6.07) is 34.2. The Morgan fingerprint density at radius 3 is 1.42 bits per heavy atom. The molecule has 19 heteroatoms. The van der Waals surface area contributed by atoms with Gasteiger partial charge in [0.1, 0.15) is 45.7 Å². The van der Waals surface area contributed by atoms with Gasteiger partial charge in [0.05, 0.1) is 54.3 Å². The van der Waals surface area contributed by atoms with Crippen LogP contribution in [-0.2, 0) is 32.0 Å². The van der Waals surface area contributed by atoms with Gasteiger partial charge in [-0.3, -0.25) is 9.13 Å². The zero-order valence-electron chi connectivity index (χ0n) is 35.5. The lowest BCUT2D eigenvalue weighted by atomic mass is 10.1. The van der Waals surface area contributed by atoms with Gasteiger partial charge in [0.2, 0.25) is 0 Å². The summed E-state index contributed by atoms with van der Waals surface area (Å²) >= 11 is 2.14. The van der Waals surface area contributed by atoms with Crippen molar-refractivity contribution in [1.82, 2.24) is 19.1 Å². The number of aryl methyl sites for hydroxylation is 2. The molecule has 10 nitrogen and oxygen atoms in total. The second-order valence-corrected chi connectivity index (χ2v) is 21.0. The molecule has 9 rings (SSSR count). The molecule has 8 aromatic rings. The average Bonchev–Trinajstić information content (AvgIpc) is 4.01. The highest BCUT2D eigenvalue weighted by molar-refractivity contribution is 14.1. The highest BCUT2D eigenvalue weighted by atomic mass is 127. The van der Waals surface area contributed by atoms with E-state index in [0.717, 1.165) is 16.6 Å². The Kier molecular flexibility index (Phi) is 13.2. The Bertz CT molecular complexity index is 3370. The van der Waals surface area contributed by atoms with Gasteiger partial charge in [0.25, 0.3) is 0 Å². The van der Waals surface area contributed by atoms with Crippen LogP contribution in [0.15, 0.2) is 143 Å². The lowest BCUT2D eigenvalue weighted by molar-refractivity contribution is -0.137. The second-order valence-electron chi connectivity index (χ2n) is 15.6. The number of imidazole rings is 2. The minimum atomic E-state index is -4.52. The monoisotopic (exact) mass is 1070 g/mol. The molecule has 1 saturated carbocycles. The number of hydrogen-bond donors (Lipinski definition) is 0. The smallest absolute Gasteiger partial charge is 0.418 e. The highest BCUT2D eigenvalue weighted by Gasteiger charge is 2.37. The van der Waals surface area contributed by atoms with Crippen LogP contribution in [0, 0.1) is 13.8 Å². The van der Waals surface area contributed by atoms with Crippen LogP contribution in [0.5, 0.6) is 23.0 Å². The number of para-hydroxylation sites is 2. The van der Waals surface area contributed by atoms with E-state index in [0.29, 0.717) is 76.3 Å².